The van der Waals surface area contributed by atoms with Gasteiger partial charge in [-0.1, -0.05) is 37.3 Å². The van der Waals surface area contributed by atoms with E-state index in [9.17, 15) is 9.18 Å². The standard InChI is InChI=1S/C21H20FN3O2/c1-13(12-27-17-8-6-14-4-2-3-5-15(14)10-17)21(26)25-19-11-16(22)7-9-18(19)20(23)24/h2-11,13H,12H2,1H3,(H3,23,24)(H,25,26). The van der Waals surface area contributed by atoms with Crippen LogP contribution in [0.4, 0.5) is 10.1 Å². The Hall–Kier alpha value is -3.41. The van der Waals surface area contributed by atoms with Crippen molar-refractivity contribution in [3.63, 3.8) is 0 Å². The molecule has 6 heteroatoms. The van der Waals surface area contributed by atoms with Crippen molar-refractivity contribution in [2.45, 2.75) is 6.92 Å². The van der Waals surface area contributed by atoms with Crippen molar-refractivity contribution in [1.29, 1.82) is 5.41 Å². The summed E-state index contributed by atoms with van der Waals surface area (Å²) in [6, 6.07) is 17.4. The fraction of sp³-hybridized carbons (Fsp3) is 0.143. The largest absolute Gasteiger partial charge is 0.493 e. The summed E-state index contributed by atoms with van der Waals surface area (Å²) in [5.74, 6) is -0.923. The van der Waals surface area contributed by atoms with E-state index in [1.54, 1.807) is 6.92 Å². The molecule has 1 unspecified atom stereocenters. The summed E-state index contributed by atoms with van der Waals surface area (Å²) < 4.78 is 19.2. The molecule has 0 saturated carbocycles. The van der Waals surface area contributed by atoms with Crippen LogP contribution in [0.15, 0.2) is 60.7 Å². The molecular formula is C21H20FN3O2. The Morgan fingerprint density at radius 2 is 1.89 bits per heavy atom. The molecule has 3 rings (SSSR count). The molecule has 0 aliphatic heterocycles. The van der Waals surface area contributed by atoms with Crippen LogP contribution in [-0.4, -0.2) is 18.3 Å². The minimum atomic E-state index is -0.518. The van der Waals surface area contributed by atoms with Gasteiger partial charge in [-0.25, -0.2) is 4.39 Å². The Balaban J connectivity index is 1.65. The molecule has 1 atom stereocenters. The molecule has 3 aromatic carbocycles. The van der Waals surface area contributed by atoms with Gasteiger partial charge in [0.25, 0.3) is 0 Å². The highest BCUT2D eigenvalue weighted by molar-refractivity contribution is 6.04. The summed E-state index contributed by atoms with van der Waals surface area (Å²) >= 11 is 0. The zero-order valence-electron chi connectivity index (χ0n) is 14.8. The number of carbonyl (C=O) groups is 1. The molecule has 0 heterocycles. The van der Waals surface area contributed by atoms with E-state index in [4.69, 9.17) is 15.9 Å². The highest BCUT2D eigenvalue weighted by Crippen LogP contribution is 2.22. The van der Waals surface area contributed by atoms with Crippen LogP contribution < -0.4 is 15.8 Å². The number of benzene rings is 3. The van der Waals surface area contributed by atoms with E-state index >= 15 is 0 Å². The molecule has 0 saturated heterocycles. The third kappa shape index (κ3) is 4.41. The number of hydrogen-bond acceptors (Lipinski definition) is 3. The van der Waals surface area contributed by atoms with E-state index in [0.717, 1.165) is 16.8 Å². The highest BCUT2D eigenvalue weighted by atomic mass is 19.1. The molecule has 138 valence electrons. The summed E-state index contributed by atoms with van der Waals surface area (Å²) in [6.07, 6.45) is 0. The molecule has 0 bridgehead atoms. The predicted molar refractivity (Wildman–Crippen MR) is 105 cm³/mol. The van der Waals surface area contributed by atoms with Crippen molar-refractivity contribution >= 4 is 28.2 Å². The van der Waals surface area contributed by atoms with E-state index in [1.165, 1.54) is 12.1 Å². The molecule has 3 aromatic rings. The van der Waals surface area contributed by atoms with Gasteiger partial charge in [0.05, 0.1) is 18.2 Å². The van der Waals surface area contributed by atoms with E-state index < -0.39 is 11.7 Å². The van der Waals surface area contributed by atoms with Crippen molar-refractivity contribution in [2.24, 2.45) is 11.7 Å². The molecule has 0 radical (unpaired) electrons. The molecule has 1 amide bonds. The van der Waals surface area contributed by atoms with Crippen LogP contribution in [0.25, 0.3) is 10.8 Å². The topological polar surface area (TPSA) is 88.2 Å². The molecule has 0 aliphatic carbocycles. The fourth-order valence-corrected chi connectivity index (χ4v) is 2.66. The van der Waals surface area contributed by atoms with Crippen molar-refractivity contribution in [2.75, 3.05) is 11.9 Å². The Morgan fingerprint density at radius 1 is 1.15 bits per heavy atom. The van der Waals surface area contributed by atoms with E-state index in [1.807, 2.05) is 42.5 Å². The number of carbonyl (C=O) groups excluding carboxylic acids is 1. The van der Waals surface area contributed by atoms with Crippen LogP contribution in [0.5, 0.6) is 5.75 Å². The lowest BCUT2D eigenvalue weighted by Gasteiger charge is -2.15. The van der Waals surface area contributed by atoms with Gasteiger partial charge in [-0.05, 0) is 41.1 Å². The Kier molecular flexibility index (Phi) is 5.35. The number of ether oxygens (including phenoxy) is 1. The van der Waals surface area contributed by atoms with Gasteiger partial charge in [-0.3, -0.25) is 10.2 Å². The minimum absolute atomic E-state index is 0.162. The van der Waals surface area contributed by atoms with Gasteiger partial charge in [-0.2, -0.15) is 0 Å². The monoisotopic (exact) mass is 365 g/mol. The summed E-state index contributed by atoms with van der Waals surface area (Å²) in [7, 11) is 0. The predicted octanol–water partition coefficient (Wildman–Crippen LogP) is 3.92. The number of nitrogens with two attached hydrogens (primary N) is 1. The number of amides is 1. The van der Waals surface area contributed by atoms with Crippen LogP contribution in [0.3, 0.4) is 0 Å². The Labute approximate surface area is 156 Å². The third-order valence-corrected chi connectivity index (χ3v) is 4.20. The molecule has 0 fully saturated rings. The minimum Gasteiger partial charge on any atom is -0.493 e. The maximum absolute atomic E-state index is 13.5. The third-order valence-electron chi connectivity index (χ3n) is 4.20. The van der Waals surface area contributed by atoms with Crippen molar-refractivity contribution in [1.82, 2.24) is 0 Å². The second-order valence-corrected chi connectivity index (χ2v) is 6.31. The Morgan fingerprint density at radius 3 is 2.63 bits per heavy atom. The zero-order valence-corrected chi connectivity index (χ0v) is 14.8. The first kappa shape index (κ1) is 18.4. The summed E-state index contributed by atoms with van der Waals surface area (Å²) in [5, 5.41) is 12.3. The quantitative estimate of drug-likeness (QED) is 0.457. The van der Waals surface area contributed by atoms with E-state index in [0.29, 0.717) is 5.75 Å². The van der Waals surface area contributed by atoms with Gasteiger partial charge in [0.15, 0.2) is 0 Å². The van der Waals surface area contributed by atoms with Crippen molar-refractivity contribution in [3.8, 4) is 5.75 Å². The summed E-state index contributed by atoms with van der Waals surface area (Å²) in [6.45, 7) is 1.87. The fourth-order valence-electron chi connectivity index (χ4n) is 2.66. The van der Waals surface area contributed by atoms with Crippen LogP contribution >= 0.6 is 0 Å². The Bertz CT molecular complexity index is 1000. The zero-order chi connectivity index (χ0) is 19.4. The number of fused-ring (bicyclic) bond motifs is 1. The van der Waals surface area contributed by atoms with Gasteiger partial charge in [0.1, 0.15) is 17.4 Å². The first-order valence-corrected chi connectivity index (χ1v) is 8.50. The first-order valence-electron chi connectivity index (χ1n) is 8.50. The number of nitrogens with one attached hydrogen (secondary N) is 2. The van der Waals surface area contributed by atoms with Crippen LogP contribution in [0.2, 0.25) is 0 Å². The smallest absolute Gasteiger partial charge is 0.230 e. The summed E-state index contributed by atoms with van der Waals surface area (Å²) in [5.41, 5.74) is 5.92. The SMILES string of the molecule is CC(COc1ccc2ccccc2c1)C(=O)Nc1cc(F)ccc1C(=N)N. The van der Waals surface area contributed by atoms with E-state index in [-0.39, 0.29) is 29.6 Å². The van der Waals surface area contributed by atoms with Crippen molar-refractivity contribution < 1.29 is 13.9 Å². The number of nitrogen functional groups attached to an aromatic ring is 1. The van der Waals surface area contributed by atoms with Gasteiger partial charge >= 0.3 is 0 Å². The molecular weight excluding hydrogens is 345 g/mol. The lowest BCUT2D eigenvalue weighted by atomic mass is 10.1. The van der Waals surface area contributed by atoms with Gasteiger partial charge in [0, 0.05) is 5.56 Å². The maximum Gasteiger partial charge on any atom is 0.230 e. The average Bonchev–Trinajstić information content (AvgIpc) is 2.65. The number of halogens is 1. The lowest BCUT2D eigenvalue weighted by molar-refractivity contribution is -0.120. The second-order valence-electron chi connectivity index (χ2n) is 6.31. The number of amidine groups is 1. The van der Waals surface area contributed by atoms with E-state index in [2.05, 4.69) is 5.32 Å². The van der Waals surface area contributed by atoms with Gasteiger partial charge in [0.2, 0.25) is 5.91 Å². The number of anilines is 1. The molecule has 4 N–H and O–H groups in total. The second kappa shape index (κ2) is 7.86. The number of rotatable bonds is 6. The molecule has 0 spiro atoms. The normalized spacial score (nSPS) is 11.8. The molecule has 0 aliphatic rings. The highest BCUT2D eigenvalue weighted by Gasteiger charge is 2.17. The average molecular weight is 365 g/mol. The van der Waals surface area contributed by atoms with Crippen LogP contribution in [-0.2, 0) is 4.79 Å². The lowest BCUT2D eigenvalue weighted by Crippen LogP contribution is -2.27. The summed E-state index contributed by atoms with van der Waals surface area (Å²) in [4.78, 5) is 12.4. The van der Waals surface area contributed by atoms with Gasteiger partial charge in [-0.15, -0.1) is 0 Å². The van der Waals surface area contributed by atoms with Crippen LogP contribution in [0.1, 0.15) is 12.5 Å². The molecule has 27 heavy (non-hydrogen) atoms. The first-order chi connectivity index (χ1) is 12.9. The van der Waals surface area contributed by atoms with Crippen molar-refractivity contribution in [3.05, 3.63) is 72.0 Å². The molecule has 0 aromatic heterocycles. The van der Waals surface area contributed by atoms with Crippen LogP contribution in [0, 0.1) is 17.1 Å². The van der Waals surface area contributed by atoms with Gasteiger partial charge < -0.3 is 15.8 Å². The molecule has 5 nitrogen and oxygen atoms in total. The maximum atomic E-state index is 13.5. The number of hydrogen-bond donors (Lipinski definition) is 3.